The Morgan fingerprint density at radius 1 is 1.42 bits per heavy atom. The van der Waals surface area contributed by atoms with Gasteiger partial charge in [0.25, 0.3) is 0 Å². The summed E-state index contributed by atoms with van der Waals surface area (Å²) in [6, 6.07) is 0. The molecule has 1 saturated heterocycles. The first kappa shape index (κ1) is 10.0. The standard InChI is InChI=1S/C10H22N2/c1-4-10(9-12(2)3)6-5-7-11-8-10/h11H,4-9H2,1-3H3. The van der Waals surface area contributed by atoms with Gasteiger partial charge in [0.05, 0.1) is 0 Å². The van der Waals surface area contributed by atoms with E-state index in [1.807, 2.05) is 0 Å². The topological polar surface area (TPSA) is 15.3 Å². The van der Waals surface area contributed by atoms with Crippen molar-refractivity contribution >= 4 is 0 Å². The van der Waals surface area contributed by atoms with Crippen LogP contribution in [0.15, 0.2) is 0 Å². The molecule has 1 rings (SSSR count). The molecule has 0 spiro atoms. The summed E-state index contributed by atoms with van der Waals surface area (Å²) < 4.78 is 0. The quantitative estimate of drug-likeness (QED) is 0.687. The van der Waals surface area contributed by atoms with Gasteiger partial charge in [-0.2, -0.15) is 0 Å². The fraction of sp³-hybridized carbons (Fsp3) is 1.00. The first-order valence-corrected chi connectivity index (χ1v) is 5.04. The molecule has 0 aromatic carbocycles. The number of rotatable bonds is 3. The Labute approximate surface area is 76.3 Å². The summed E-state index contributed by atoms with van der Waals surface area (Å²) in [5.41, 5.74) is 0.557. The lowest BCUT2D eigenvalue weighted by Crippen LogP contribution is -2.45. The number of nitrogens with one attached hydrogen (secondary N) is 1. The summed E-state index contributed by atoms with van der Waals surface area (Å²) in [5.74, 6) is 0. The average Bonchev–Trinajstić information content (AvgIpc) is 2.05. The first-order chi connectivity index (χ1) is 5.68. The van der Waals surface area contributed by atoms with Crippen molar-refractivity contribution in [3.8, 4) is 0 Å². The highest BCUT2D eigenvalue weighted by atomic mass is 15.1. The fourth-order valence-electron chi connectivity index (χ4n) is 2.25. The van der Waals surface area contributed by atoms with Crippen molar-refractivity contribution in [2.75, 3.05) is 33.7 Å². The molecule has 0 aliphatic carbocycles. The minimum absolute atomic E-state index is 0.557. The van der Waals surface area contributed by atoms with Gasteiger partial charge in [0, 0.05) is 13.1 Å². The van der Waals surface area contributed by atoms with Crippen molar-refractivity contribution in [1.82, 2.24) is 10.2 Å². The van der Waals surface area contributed by atoms with Gasteiger partial charge in [-0.15, -0.1) is 0 Å². The van der Waals surface area contributed by atoms with E-state index in [0.29, 0.717) is 5.41 Å². The van der Waals surface area contributed by atoms with E-state index in [1.165, 1.54) is 38.9 Å². The Hall–Kier alpha value is -0.0800. The summed E-state index contributed by atoms with van der Waals surface area (Å²) in [4.78, 5) is 2.32. The van der Waals surface area contributed by atoms with E-state index < -0.39 is 0 Å². The summed E-state index contributed by atoms with van der Waals surface area (Å²) in [6.07, 6.45) is 4.05. The lowest BCUT2D eigenvalue weighted by molar-refractivity contribution is 0.143. The molecule has 0 radical (unpaired) electrons. The van der Waals surface area contributed by atoms with Crippen molar-refractivity contribution in [2.45, 2.75) is 26.2 Å². The molecular weight excluding hydrogens is 148 g/mol. The molecule has 2 heteroatoms. The Kier molecular flexibility index (Phi) is 3.53. The molecule has 1 aliphatic rings. The lowest BCUT2D eigenvalue weighted by Gasteiger charge is -2.39. The van der Waals surface area contributed by atoms with Crippen LogP contribution in [0.5, 0.6) is 0 Å². The largest absolute Gasteiger partial charge is 0.316 e. The lowest BCUT2D eigenvalue weighted by atomic mass is 9.78. The van der Waals surface area contributed by atoms with Crippen molar-refractivity contribution in [2.24, 2.45) is 5.41 Å². The maximum absolute atomic E-state index is 3.51. The highest BCUT2D eigenvalue weighted by Gasteiger charge is 2.30. The normalized spacial score (nSPS) is 31.0. The van der Waals surface area contributed by atoms with Crippen molar-refractivity contribution in [3.63, 3.8) is 0 Å². The van der Waals surface area contributed by atoms with Gasteiger partial charge in [-0.25, -0.2) is 0 Å². The molecule has 0 bridgehead atoms. The van der Waals surface area contributed by atoms with Crippen molar-refractivity contribution in [3.05, 3.63) is 0 Å². The van der Waals surface area contributed by atoms with Crippen LogP contribution < -0.4 is 5.32 Å². The maximum atomic E-state index is 3.51. The second-order valence-electron chi connectivity index (χ2n) is 4.37. The molecule has 1 unspecified atom stereocenters. The fourth-order valence-corrected chi connectivity index (χ4v) is 2.25. The van der Waals surface area contributed by atoms with Crippen LogP contribution >= 0.6 is 0 Å². The highest BCUT2D eigenvalue weighted by Crippen LogP contribution is 2.30. The van der Waals surface area contributed by atoms with Crippen LogP contribution in [0.1, 0.15) is 26.2 Å². The van der Waals surface area contributed by atoms with Gasteiger partial charge in [-0.1, -0.05) is 6.92 Å². The van der Waals surface area contributed by atoms with Crippen LogP contribution in [0.25, 0.3) is 0 Å². The monoisotopic (exact) mass is 170 g/mol. The predicted octanol–water partition coefficient (Wildman–Crippen LogP) is 1.33. The van der Waals surface area contributed by atoms with Gasteiger partial charge >= 0.3 is 0 Å². The molecule has 1 heterocycles. The molecule has 0 aromatic heterocycles. The smallest absolute Gasteiger partial charge is 0.00439 e. The van der Waals surface area contributed by atoms with E-state index in [-0.39, 0.29) is 0 Å². The van der Waals surface area contributed by atoms with Gasteiger partial charge in [-0.05, 0) is 45.3 Å². The van der Waals surface area contributed by atoms with Crippen molar-refractivity contribution in [1.29, 1.82) is 0 Å². The Morgan fingerprint density at radius 3 is 2.58 bits per heavy atom. The number of piperidine rings is 1. The molecule has 1 N–H and O–H groups in total. The first-order valence-electron chi connectivity index (χ1n) is 5.04. The molecule has 0 amide bonds. The van der Waals surface area contributed by atoms with E-state index in [2.05, 4.69) is 31.2 Å². The second-order valence-corrected chi connectivity index (χ2v) is 4.37. The summed E-state index contributed by atoms with van der Waals surface area (Å²) >= 11 is 0. The van der Waals surface area contributed by atoms with Gasteiger partial charge < -0.3 is 10.2 Å². The third-order valence-electron chi connectivity index (χ3n) is 2.96. The Morgan fingerprint density at radius 2 is 2.17 bits per heavy atom. The third-order valence-corrected chi connectivity index (χ3v) is 2.96. The van der Waals surface area contributed by atoms with Gasteiger partial charge in [-0.3, -0.25) is 0 Å². The summed E-state index contributed by atoms with van der Waals surface area (Å²) in [5, 5.41) is 3.51. The van der Waals surface area contributed by atoms with E-state index >= 15 is 0 Å². The van der Waals surface area contributed by atoms with Crippen LogP contribution in [0.3, 0.4) is 0 Å². The number of nitrogens with zero attached hydrogens (tertiary/aromatic N) is 1. The van der Waals surface area contributed by atoms with E-state index in [1.54, 1.807) is 0 Å². The van der Waals surface area contributed by atoms with Gasteiger partial charge in [0.1, 0.15) is 0 Å². The maximum Gasteiger partial charge on any atom is 0.00439 e. The van der Waals surface area contributed by atoms with Crippen LogP contribution in [0.2, 0.25) is 0 Å². The molecule has 2 nitrogen and oxygen atoms in total. The predicted molar refractivity (Wildman–Crippen MR) is 53.4 cm³/mol. The van der Waals surface area contributed by atoms with E-state index in [4.69, 9.17) is 0 Å². The molecule has 1 atom stereocenters. The third kappa shape index (κ3) is 2.46. The zero-order chi connectivity index (χ0) is 9.03. The second kappa shape index (κ2) is 4.24. The molecular formula is C10H22N2. The van der Waals surface area contributed by atoms with Crippen LogP contribution in [0.4, 0.5) is 0 Å². The zero-order valence-electron chi connectivity index (χ0n) is 8.69. The van der Waals surface area contributed by atoms with Crippen LogP contribution in [-0.4, -0.2) is 38.6 Å². The van der Waals surface area contributed by atoms with E-state index in [9.17, 15) is 0 Å². The van der Waals surface area contributed by atoms with E-state index in [0.717, 1.165) is 0 Å². The number of hydrogen-bond acceptors (Lipinski definition) is 2. The highest BCUT2D eigenvalue weighted by molar-refractivity contribution is 4.86. The minimum Gasteiger partial charge on any atom is -0.316 e. The molecule has 1 aliphatic heterocycles. The Bertz CT molecular complexity index is 126. The molecule has 12 heavy (non-hydrogen) atoms. The summed E-state index contributed by atoms with van der Waals surface area (Å²) in [6.45, 7) is 5.98. The summed E-state index contributed by atoms with van der Waals surface area (Å²) in [7, 11) is 4.35. The molecule has 0 aromatic rings. The Balaban J connectivity index is 2.48. The van der Waals surface area contributed by atoms with Crippen LogP contribution in [0, 0.1) is 5.41 Å². The average molecular weight is 170 g/mol. The number of hydrogen-bond donors (Lipinski definition) is 1. The van der Waals surface area contributed by atoms with Crippen molar-refractivity contribution < 1.29 is 0 Å². The van der Waals surface area contributed by atoms with Gasteiger partial charge in [0.15, 0.2) is 0 Å². The van der Waals surface area contributed by atoms with Crippen LogP contribution in [-0.2, 0) is 0 Å². The molecule has 0 saturated carbocycles. The minimum atomic E-state index is 0.557. The SMILES string of the molecule is CCC1(CN(C)C)CCCNC1. The molecule has 1 fully saturated rings. The van der Waals surface area contributed by atoms with Gasteiger partial charge in [0.2, 0.25) is 0 Å². The zero-order valence-corrected chi connectivity index (χ0v) is 8.69. The molecule has 72 valence electrons.